The molecule has 1 heterocycles. The Morgan fingerprint density at radius 1 is 1.56 bits per heavy atom. The first kappa shape index (κ1) is 7.65. The first-order valence-electron chi connectivity index (χ1n) is 2.89. The molecule has 1 fully saturated rings. The Morgan fingerprint density at radius 2 is 2.22 bits per heavy atom. The van der Waals surface area contributed by atoms with E-state index in [1.165, 1.54) is 0 Å². The summed E-state index contributed by atoms with van der Waals surface area (Å²) in [6.45, 7) is 1.37. The zero-order chi connectivity index (χ0) is 6.85. The van der Waals surface area contributed by atoms with Crippen molar-refractivity contribution in [2.75, 3.05) is 13.1 Å². The first-order valence-corrected chi connectivity index (χ1v) is 3.85. The normalized spacial score (nSPS) is 30.0. The number of hydrogen-bond acceptors (Lipinski definition) is 1. The lowest BCUT2D eigenvalue weighted by Crippen LogP contribution is -2.13. The molecule has 1 aliphatic rings. The SMILES string of the molecule is FC(F)[C@H]1CCN(I)C1. The van der Waals surface area contributed by atoms with Crippen molar-refractivity contribution >= 4 is 22.9 Å². The van der Waals surface area contributed by atoms with Gasteiger partial charge in [-0.15, -0.1) is 0 Å². The monoisotopic (exact) mass is 247 g/mol. The zero-order valence-electron chi connectivity index (χ0n) is 4.86. The highest BCUT2D eigenvalue weighted by molar-refractivity contribution is 14.1. The van der Waals surface area contributed by atoms with Gasteiger partial charge in [0.25, 0.3) is 0 Å². The van der Waals surface area contributed by atoms with E-state index in [0.29, 0.717) is 13.0 Å². The lowest BCUT2D eigenvalue weighted by atomic mass is 10.1. The Balaban J connectivity index is 2.30. The van der Waals surface area contributed by atoms with Crippen LogP contribution in [-0.2, 0) is 0 Å². The van der Waals surface area contributed by atoms with Gasteiger partial charge in [-0.25, -0.2) is 11.9 Å². The molecule has 9 heavy (non-hydrogen) atoms. The van der Waals surface area contributed by atoms with E-state index in [2.05, 4.69) is 22.9 Å². The summed E-state index contributed by atoms with van der Waals surface area (Å²) < 4.78 is 25.7. The molecule has 1 atom stereocenters. The minimum absolute atomic E-state index is 0.373. The maximum Gasteiger partial charge on any atom is 0.242 e. The average molecular weight is 247 g/mol. The summed E-state index contributed by atoms with van der Waals surface area (Å²) in [6.07, 6.45) is -1.47. The predicted molar refractivity (Wildman–Crippen MR) is 39.7 cm³/mol. The van der Waals surface area contributed by atoms with Crippen LogP contribution in [0.4, 0.5) is 8.78 Å². The van der Waals surface area contributed by atoms with Gasteiger partial charge in [-0.05, 0) is 6.42 Å². The van der Waals surface area contributed by atoms with Crippen molar-refractivity contribution in [3.05, 3.63) is 0 Å². The molecule has 4 heteroatoms. The highest BCUT2D eigenvalue weighted by Gasteiger charge is 2.27. The number of rotatable bonds is 1. The van der Waals surface area contributed by atoms with E-state index < -0.39 is 6.43 Å². The summed E-state index contributed by atoms with van der Waals surface area (Å²) in [6, 6.07) is 0. The van der Waals surface area contributed by atoms with Crippen LogP contribution in [0.1, 0.15) is 6.42 Å². The van der Waals surface area contributed by atoms with Crippen LogP contribution < -0.4 is 0 Å². The molecule has 1 nitrogen and oxygen atoms in total. The molecule has 0 N–H and O–H groups in total. The largest absolute Gasteiger partial charge is 0.247 e. The summed E-state index contributed by atoms with van der Waals surface area (Å²) in [5.41, 5.74) is 0. The van der Waals surface area contributed by atoms with Gasteiger partial charge in [-0.3, -0.25) is 0 Å². The highest BCUT2D eigenvalue weighted by atomic mass is 127. The molecule has 0 aromatic heterocycles. The van der Waals surface area contributed by atoms with Gasteiger partial charge in [0.15, 0.2) is 0 Å². The zero-order valence-corrected chi connectivity index (χ0v) is 7.01. The molecule has 0 aromatic rings. The van der Waals surface area contributed by atoms with Crippen LogP contribution in [0.25, 0.3) is 0 Å². The van der Waals surface area contributed by atoms with E-state index in [-0.39, 0.29) is 5.92 Å². The Kier molecular flexibility index (Phi) is 2.63. The first-order chi connectivity index (χ1) is 4.20. The smallest absolute Gasteiger partial charge is 0.242 e. The van der Waals surface area contributed by atoms with E-state index >= 15 is 0 Å². The quantitative estimate of drug-likeness (QED) is 0.505. The standard InChI is InChI=1S/C5H8F2IN/c6-5(7)4-1-2-9(8)3-4/h4-5H,1-3H2/t4-/m0/s1. The van der Waals surface area contributed by atoms with Gasteiger partial charge < -0.3 is 0 Å². The lowest BCUT2D eigenvalue weighted by molar-refractivity contribution is 0.0854. The number of hydrogen-bond donors (Lipinski definition) is 0. The molecule has 0 aromatic carbocycles. The van der Waals surface area contributed by atoms with Crippen LogP contribution in [0.5, 0.6) is 0 Å². The molecule has 0 aliphatic carbocycles. The van der Waals surface area contributed by atoms with Crippen LogP contribution in [0.2, 0.25) is 0 Å². The van der Waals surface area contributed by atoms with Gasteiger partial charge in [0, 0.05) is 41.9 Å². The van der Waals surface area contributed by atoms with Crippen molar-refractivity contribution < 1.29 is 8.78 Å². The maximum atomic E-state index is 11.9. The third kappa shape index (κ3) is 2.00. The lowest BCUT2D eigenvalue weighted by Gasteiger charge is -2.05. The van der Waals surface area contributed by atoms with Crippen molar-refractivity contribution in [3.8, 4) is 0 Å². The molecular formula is C5H8F2IN. The Morgan fingerprint density at radius 3 is 2.44 bits per heavy atom. The van der Waals surface area contributed by atoms with Gasteiger partial charge >= 0.3 is 0 Å². The van der Waals surface area contributed by atoms with Crippen molar-refractivity contribution in [1.82, 2.24) is 3.11 Å². The number of alkyl halides is 2. The van der Waals surface area contributed by atoms with E-state index in [0.717, 1.165) is 6.54 Å². The average Bonchev–Trinajstić information content (AvgIpc) is 2.14. The number of halogens is 3. The molecule has 1 rings (SSSR count). The summed E-state index contributed by atoms with van der Waals surface area (Å²) in [4.78, 5) is 0. The molecular weight excluding hydrogens is 239 g/mol. The minimum Gasteiger partial charge on any atom is -0.247 e. The minimum atomic E-state index is -2.12. The Bertz CT molecular complexity index is 99.0. The topological polar surface area (TPSA) is 3.24 Å². The maximum absolute atomic E-state index is 11.9. The van der Waals surface area contributed by atoms with Crippen LogP contribution in [0, 0.1) is 5.92 Å². The van der Waals surface area contributed by atoms with Crippen LogP contribution in [0.15, 0.2) is 0 Å². The molecule has 0 spiro atoms. The molecule has 54 valence electrons. The van der Waals surface area contributed by atoms with E-state index in [9.17, 15) is 8.78 Å². The predicted octanol–water partition coefficient (Wildman–Crippen LogP) is 1.92. The van der Waals surface area contributed by atoms with Crippen molar-refractivity contribution in [1.29, 1.82) is 0 Å². The summed E-state index contributed by atoms with van der Waals surface area (Å²) in [7, 11) is 0. The molecule has 1 aliphatic heterocycles. The Hall–Kier alpha value is 0.550. The third-order valence-corrected chi connectivity index (χ3v) is 2.41. The second-order valence-electron chi connectivity index (χ2n) is 2.25. The summed E-state index contributed by atoms with van der Waals surface area (Å²) >= 11 is 2.08. The molecule has 0 unspecified atom stereocenters. The number of nitrogens with zero attached hydrogens (tertiary/aromatic N) is 1. The molecule has 0 saturated carbocycles. The fraction of sp³-hybridized carbons (Fsp3) is 1.00. The fourth-order valence-electron chi connectivity index (χ4n) is 0.949. The highest BCUT2D eigenvalue weighted by Crippen LogP contribution is 2.24. The Labute approximate surface area is 66.9 Å². The van der Waals surface area contributed by atoms with E-state index in [4.69, 9.17) is 0 Å². The van der Waals surface area contributed by atoms with Gasteiger partial charge in [-0.1, -0.05) is 0 Å². The van der Waals surface area contributed by atoms with Gasteiger partial charge in [0.1, 0.15) is 0 Å². The van der Waals surface area contributed by atoms with Gasteiger partial charge in [-0.2, -0.15) is 0 Å². The van der Waals surface area contributed by atoms with Crippen LogP contribution in [0.3, 0.4) is 0 Å². The van der Waals surface area contributed by atoms with Gasteiger partial charge in [0.2, 0.25) is 6.43 Å². The van der Waals surface area contributed by atoms with E-state index in [1.807, 2.05) is 3.11 Å². The molecule has 1 saturated heterocycles. The molecule has 0 radical (unpaired) electrons. The second kappa shape index (κ2) is 3.09. The van der Waals surface area contributed by atoms with Crippen molar-refractivity contribution in [2.45, 2.75) is 12.8 Å². The molecule has 0 bridgehead atoms. The van der Waals surface area contributed by atoms with Crippen molar-refractivity contribution in [2.24, 2.45) is 5.92 Å². The van der Waals surface area contributed by atoms with Gasteiger partial charge in [0.05, 0.1) is 0 Å². The third-order valence-electron chi connectivity index (χ3n) is 1.53. The fourth-order valence-corrected chi connectivity index (χ4v) is 1.73. The van der Waals surface area contributed by atoms with E-state index in [1.54, 1.807) is 0 Å². The molecule has 0 amide bonds. The summed E-state index contributed by atoms with van der Waals surface area (Å²) in [5.74, 6) is -0.373. The second-order valence-corrected chi connectivity index (χ2v) is 3.62. The van der Waals surface area contributed by atoms with Crippen LogP contribution >= 0.6 is 22.9 Å². The summed E-state index contributed by atoms with van der Waals surface area (Å²) in [5, 5.41) is 0. The van der Waals surface area contributed by atoms with Crippen molar-refractivity contribution in [3.63, 3.8) is 0 Å². The van der Waals surface area contributed by atoms with Crippen LogP contribution in [-0.4, -0.2) is 22.6 Å².